The van der Waals surface area contributed by atoms with E-state index in [0.29, 0.717) is 11.8 Å². The summed E-state index contributed by atoms with van der Waals surface area (Å²) in [6.45, 7) is 5.53. The van der Waals surface area contributed by atoms with Crippen LogP contribution in [0.25, 0.3) is 0 Å². The van der Waals surface area contributed by atoms with Gasteiger partial charge in [0.05, 0.1) is 5.92 Å². The summed E-state index contributed by atoms with van der Waals surface area (Å²) in [6, 6.07) is 0.0305. The molecule has 2 atom stereocenters. The van der Waals surface area contributed by atoms with Gasteiger partial charge < -0.3 is 15.0 Å². The third kappa shape index (κ3) is 2.41. The molecule has 5 nitrogen and oxygen atoms in total. The monoisotopic (exact) mass is 225 g/mol. The molecule has 1 aliphatic heterocycles. The van der Waals surface area contributed by atoms with Gasteiger partial charge in [0.1, 0.15) is 0 Å². The van der Waals surface area contributed by atoms with Crippen molar-refractivity contribution in [2.24, 2.45) is 5.73 Å². The van der Waals surface area contributed by atoms with Crippen LogP contribution in [0.3, 0.4) is 0 Å². The zero-order valence-corrected chi connectivity index (χ0v) is 9.85. The van der Waals surface area contributed by atoms with Crippen LogP contribution in [-0.2, 0) is 4.74 Å². The molecule has 0 amide bonds. The molecule has 2 heterocycles. The summed E-state index contributed by atoms with van der Waals surface area (Å²) >= 11 is 0. The van der Waals surface area contributed by atoms with Gasteiger partial charge in [-0.05, 0) is 19.8 Å². The molecule has 0 saturated carbocycles. The van der Waals surface area contributed by atoms with E-state index < -0.39 is 0 Å². The van der Waals surface area contributed by atoms with Gasteiger partial charge >= 0.3 is 0 Å². The largest absolute Gasteiger partial charge is 0.381 e. The van der Waals surface area contributed by atoms with E-state index in [1.54, 1.807) is 0 Å². The van der Waals surface area contributed by atoms with Crippen LogP contribution in [0.1, 0.15) is 50.2 Å². The highest BCUT2D eigenvalue weighted by atomic mass is 16.5. The van der Waals surface area contributed by atoms with E-state index in [0.717, 1.165) is 31.9 Å². The molecule has 0 spiro atoms. The maximum atomic E-state index is 5.81. The molecule has 1 fully saturated rings. The van der Waals surface area contributed by atoms with Crippen molar-refractivity contribution in [3.8, 4) is 0 Å². The minimum absolute atomic E-state index is 0.0305. The van der Waals surface area contributed by atoms with E-state index in [4.69, 9.17) is 15.0 Å². The second kappa shape index (κ2) is 4.93. The summed E-state index contributed by atoms with van der Waals surface area (Å²) in [5.74, 6) is 1.95. The average Bonchev–Trinajstić information content (AvgIpc) is 2.78. The van der Waals surface area contributed by atoms with Crippen LogP contribution >= 0.6 is 0 Å². The summed E-state index contributed by atoms with van der Waals surface area (Å²) in [5.41, 5.74) is 5.81. The lowest BCUT2D eigenvalue weighted by Gasteiger charge is -2.18. The summed E-state index contributed by atoms with van der Waals surface area (Å²) < 4.78 is 10.6. The number of nitrogens with zero attached hydrogens (tertiary/aromatic N) is 2. The van der Waals surface area contributed by atoms with Crippen molar-refractivity contribution in [3.63, 3.8) is 0 Å². The zero-order valence-electron chi connectivity index (χ0n) is 9.85. The summed E-state index contributed by atoms with van der Waals surface area (Å²) in [4.78, 5) is 4.44. The first-order valence-electron chi connectivity index (χ1n) is 5.85. The van der Waals surface area contributed by atoms with Crippen LogP contribution in [0.5, 0.6) is 0 Å². The molecule has 0 bridgehead atoms. The lowest BCUT2D eigenvalue weighted by molar-refractivity contribution is 0.0830. The topological polar surface area (TPSA) is 74.2 Å². The summed E-state index contributed by atoms with van der Waals surface area (Å²) in [7, 11) is 0. The number of hydrogen-bond donors (Lipinski definition) is 1. The molecule has 16 heavy (non-hydrogen) atoms. The van der Waals surface area contributed by atoms with Gasteiger partial charge in [-0.2, -0.15) is 4.98 Å². The second-order valence-corrected chi connectivity index (χ2v) is 4.53. The van der Waals surface area contributed by atoms with Crippen LogP contribution in [0.15, 0.2) is 4.52 Å². The van der Waals surface area contributed by atoms with Crippen molar-refractivity contribution in [1.82, 2.24) is 10.1 Å². The summed E-state index contributed by atoms with van der Waals surface area (Å²) in [5, 5.41) is 4.05. The van der Waals surface area contributed by atoms with Gasteiger partial charge in [0.15, 0.2) is 5.82 Å². The standard InChI is InChI=1S/C11H19N3O2/c1-7(8(2)12)11-13-10(14-16-11)9-3-5-15-6-4-9/h7-9H,3-6,12H2,1-2H3. The molecule has 1 aromatic heterocycles. The van der Waals surface area contributed by atoms with E-state index >= 15 is 0 Å². The van der Waals surface area contributed by atoms with E-state index in [1.807, 2.05) is 13.8 Å². The van der Waals surface area contributed by atoms with Gasteiger partial charge in [0.2, 0.25) is 5.89 Å². The Labute approximate surface area is 95.3 Å². The van der Waals surface area contributed by atoms with Crippen molar-refractivity contribution in [1.29, 1.82) is 0 Å². The Morgan fingerprint density at radius 1 is 1.31 bits per heavy atom. The van der Waals surface area contributed by atoms with E-state index in [9.17, 15) is 0 Å². The van der Waals surface area contributed by atoms with E-state index in [-0.39, 0.29) is 12.0 Å². The molecule has 5 heteroatoms. The molecule has 1 aliphatic rings. The predicted molar refractivity (Wildman–Crippen MR) is 59.2 cm³/mol. The number of nitrogens with two attached hydrogens (primary N) is 1. The van der Waals surface area contributed by atoms with E-state index in [1.165, 1.54) is 0 Å². The molecular formula is C11H19N3O2. The highest BCUT2D eigenvalue weighted by Gasteiger charge is 2.24. The Morgan fingerprint density at radius 2 is 2.00 bits per heavy atom. The number of aromatic nitrogens is 2. The lowest BCUT2D eigenvalue weighted by atomic mass is 9.99. The molecule has 0 aromatic carbocycles. The molecule has 0 radical (unpaired) electrons. The van der Waals surface area contributed by atoms with Crippen LogP contribution in [0.4, 0.5) is 0 Å². The SMILES string of the molecule is CC(N)C(C)c1nc(C2CCOCC2)no1. The fraction of sp³-hybridized carbons (Fsp3) is 0.818. The zero-order chi connectivity index (χ0) is 11.5. The Hall–Kier alpha value is -0.940. The van der Waals surface area contributed by atoms with Crippen LogP contribution in [-0.4, -0.2) is 29.4 Å². The number of hydrogen-bond acceptors (Lipinski definition) is 5. The van der Waals surface area contributed by atoms with Gasteiger partial charge in [-0.25, -0.2) is 0 Å². The van der Waals surface area contributed by atoms with Crippen molar-refractivity contribution in [2.75, 3.05) is 13.2 Å². The first-order valence-corrected chi connectivity index (χ1v) is 5.85. The Kier molecular flexibility index (Phi) is 3.56. The molecule has 0 aliphatic carbocycles. The van der Waals surface area contributed by atoms with Gasteiger partial charge in [0.25, 0.3) is 0 Å². The Bertz CT molecular complexity index is 332. The van der Waals surface area contributed by atoms with Crippen molar-refractivity contribution >= 4 is 0 Å². The predicted octanol–water partition coefficient (Wildman–Crippen LogP) is 1.41. The Balaban J connectivity index is 2.06. The molecule has 2 N–H and O–H groups in total. The first-order chi connectivity index (χ1) is 7.68. The average molecular weight is 225 g/mol. The normalized spacial score (nSPS) is 21.9. The first kappa shape index (κ1) is 11.5. The lowest BCUT2D eigenvalue weighted by Crippen LogP contribution is -2.22. The molecule has 1 aromatic rings. The fourth-order valence-electron chi connectivity index (χ4n) is 1.78. The second-order valence-electron chi connectivity index (χ2n) is 4.53. The third-order valence-corrected chi connectivity index (χ3v) is 3.22. The Morgan fingerprint density at radius 3 is 2.62 bits per heavy atom. The van der Waals surface area contributed by atoms with Crippen molar-refractivity contribution in [3.05, 3.63) is 11.7 Å². The quantitative estimate of drug-likeness (QED) is 0.842. The number of rotatable bonds is 3. The van der Waals surface area contributed by atoms with Crippen LogP contribution in [0, 0.1) is 0 Å². The van der Waals surface area contributed by atoms with Gasteiger partial charge in [-0.1, -0.05) is 12.1 Å². The van der Waals surface area contributed by atoms with Gasteiger partial charge in [-0.3, -0.25) is 0 Å². The minimum Gasteiger partial charge on any atom is -0.381 e. The highest BCUT2D eigenvalue weighted by Crippen LogP contribution is 2.26. The molecule has 90 valence electrons. The smallest absolute Gasteiger partial charge is 0.231 e. The minimum atomic E-state index is 0.0305. The number of ether oxygens (including phenoxy) is 1. The summed E-state index contributed by atoms with van der Waals surface area (Å²) in [6.07, 6.45) is 1.96. The van der Waals surface area contributed by atoms with Crippen molar-refractivity contribution in [2.45, 2.75) is 44.6 Å². The fourth-order valence-corrected chi connectivity index (χ4v) is 1.78. The van der Waals surface area contributed by atoms with Crippen LogP contribution in [0.2, 0.25) is 0 Å². The van der Waals surface area contributed by atoms with Crippen molar-refractivity contribution < 1.29 is 9.26 Å². The maximum absolute atomic E-state index is 5.81. The van der Waals surface area contributed by atoms with Crippen LogP contribution < -0.4 is 5.73 Å². The third-order valence-electron chi connectivity index (χ3n) is 3.22. The molecule has 2 rings (SSSR count). The van der Waals surface area contributed by atoms with Gasteiger partial charge in [0, 0.05) is 25.2 Å². The highest BCUT2D eigenvalue weighted by molar-refractivity contribution is 5.00. The molecule has 1 saturated heterocycles. The molecular weight excluding hydrogens is 206 g/mol. The maximum Gasteiger partial charge on any atom is 0.231 e. The van der Waals surface area contributed by atoms with Gasteiger partial charge in [-0.15, -0.1) is 0 Å². The molecule has 2 unspecified atom stereocenters. The van der Waals surface area contributed by atoms with E-state index in [2.05, 4.69) is 10.1 Å².